The highest BCUT2D eigenvalue weighted by atomic mass is 16.5. The van der Waals surface area contributed by atoms with Crippen LogP contribution in [0.4, 0.5) is 0 Å². The number of rotatable bonds is 5. The molecule has 0 radical (unpaired) electrons. The van der Waals surface area contributed by atoms with Crippen molar-refractivity contribution in [1.82, 2.24) is 4.90 Å². The average Bonchev–Trinajstić information content (AvgIpc) is 2.72. The number of benzene rings is 2. The molecule has 0 spiro atoms. The zero-order valence-corrected chi connectivity index (χ0v) is 16.4. The summed E-state index contributed by atoms with van der Waals surface area (Å²) in [7, 11) is 3.12. The smallest absolute Gasteiger partial charge is 0.261 e. The lowest BCUT2D eigenvalue weighted by molar-refractivity contribution is -0.0230. The van der Waals surface area contributed by atoms with Gasteiger partial charge >= 0.3 is 0 Å². The van der Waals surface area contributed by atoms with E-state index in [-0.39, 0.29) is 12.0 Å². The van der Waals surface area contributed by atoms with Crippen molar-refractivity contribution in [3.05, 3.63) is 59.2 Å². The summed E-state index contributed by atoms with van der Waals surface area (Å²) in [4.78, 5) is 15.0. The van der Waals surface area contributed by atoms with E-state index in [0.29, 0.717) is 42.7 Å². The first kappa shape index (κ1) is 19.2. The molecule has 1 atom stereocenters. The number of nitrogens with zero attached hydrogens (tertiary/aromatic N) is 1. The highest BCUT2D eigenvalue weighted by molar-refractivity contribution is 5.99. The molecule has 1 unspecified atom stereocenters. The van der Waals surface area contributed by atoms with Crippen LogP contribution in [-0.4, -0.2) is 44.7 Å². The third kappa shape index (κ3) is 4.08. The minimum absolute atomic E-state index is 0.101. The molecule has 0 bridgehead atoms. The second kappa shape index (κ2) is 8.44. The van der Waals surface area contributed by atoms with Gasteiger partial charge in [-0.05, 0) is 29.2 Å². The minimum Gasteiger partial charge on any atom is -0.496 e. The first-order chi connectivity index (χ1) is 13.0. The zero-order chi connectivity index (χ0) is 19.4. The van der Waals surface area contributed by atoms with E-state index in [9.17, 15) is 4.79 Å². The van der Waals surface area contributed by atoms with Gasteiger partial charge in [0.25, 0.3) is 5.91 Å². The Hall–Kier alpha value is -2.53. The number of methoxy groups -OCH3 is 2. The van der Waals surface area contributed by atoms with Gasteiger partial charge in [0.2, 0.25) is 0 Å². The van der Waals surface area contributed by atoms with E-state index in [1.165, 1.54) is 5.56 Å². The Kier molecular flexibility index (Phi) is 6.01. The van der Waals surface area contributed by atoms with Crippen LogP contribution in [0.5, 0.6) is 11.5 Å². The third-order valence-corrected chi connectivity index (χ3v) is 4.97. The molecule has 0 aromatic heterocycles. The summed E-state index contributed by atoms with van der Waals surface area (Å²) in [6.07, 6.45) is -0.135. The van der Waals surface area contributed by atoms with Crippen LogP contribution in [0.15, 0.2) is 42.5 Å². The van der Waals surface area contributed by atoms with Gasteiger partial charge < -0.3 is 19.1 Å². The molecule has 1 saturated heterocycles. The number of morpholine rings is 1. The van der Waals surface area contributed by atoms with E-state index in [1.807, 2.05) is 11.0 Å². The first-order valence-electron chi connectivity index (χ1n) is 9.26. The fraction of sp³-hybridized carbons (Fsp3) is 0.409. The molecule has 0 aliphatic carbocycles. The Labute approximate surface area is 160 Å². The van der Waals surface area contributed by atoms with Crippen molar-refractivity contribution in [1.29, 1.82) is 0 Å². The van der Waals surface area contributed by atoms with Crippen LogP contribution in [0.3, 0.4) is 0 Å². The van der Waals surface area contributed by atoms with Crippen molar-refractivity contribution in [3.63, 3.8) is 0 Å². The van der Waals surface area contributed by atoms with E-state index >= 15 is 0 Å². The lowest BCUT2D eigenvalue weighted by Gasteiger charge is -2.34. The molecule has 1 fully saturated rings. The Morgan fingerprint density at radius 2 is 1.70 bits per heavy atom. The van der Waals surface area contributed by atoms with Crippen LogP contribution in [-0.2, 0) is 4.74 Å². The number of carbonyl (C=O) groups is 1. The van der Waals surface area contributed by atoms with Gasteiger partial charge in [-0.15, -0.1) is 0 Å². The van der Waals surface area contributed by atoms with Crippen LogP contribution < -0.4 is 9.47 Å². The number of hydrogen-bond acceptors (Lipinski definition) is 4. The fourth-order valence-corrected chi connectivity index (χ4v) is 3.35. The van der Waals surface area contributed by atoms with Gasteiger partial charge in [-0.3, -0.25) is 4.79 Å². The normalized spacial score (nSPS) is 17.1. The van der Waals surface area contributed by atoms with Crippen molar-refractivity contribution >= 4 is 5.91 Å². The van der Waals surface area contributed by atoms with Crippen LogP contribution in [0.25, 0.3) is 0 Å². The van der Waals surface area contributed by atoms with Crippen molar-refractivity contribution < 1.29 is 19.0 Å². The van der Waals surface area contributed by atoms with Crippen LogP contribution in [0.1, 0.15) is 47.4 Å². The predicted molar refractivity (Wildman–Crippen MR) is 105 cm³/mol. The summed E-state index contributed by atoms with van der Waals surface area (Å²) < 4.78 is 16.7. The summed E-state index contributed by atoms with van der Waals surface area (Å²) in [5.41, 5.74) is 2.84. The molecule has 2 aromatic rings. The van der Waals surface area contributed by atoms with E-state index in [1.54, 1.807) is 26.4 Å². The van der Waals surface area contributed by atoms with Crippen molar-refractivity contribution in [2.24, 2.45) is 0 Å². The van der Waals surface area contributed by atoms with Gasteiger partial charge in [0.15, 0.2) is 0 Å². The molecular formula is C22H27NO4. The molecule has 27 heavy (non-hydrogen) atoms. The molecule has 1 aliphatic rings. The fourth-order valence-electron chi connectivity index (χ4n) is 3.35. The van der Waals surface area contributed by atoms with Gasteiger partial charge in [-0.25, -0.2) is 0 Å². The summed E-state index contributed by atoms with van der Waals surface area (Å²) in [5.74, 6) is 1.42. The van der Waals surface area contributed by atoms with Gasteiger partial charge in [0.05, 0.1) is 27.4 Å². The molecule has 1 amide bonds. The van der Waals surface area contributed by atoms with Crippen molar-refractivity contribution in [2.75, 3.05) is 33.9 Å². The maximum absolute atomic E-state index is 13.2. The monoisotopic (exact) mass is 369 g/mol. The van der Waals surface area contributed by atoms with Gasteiger partial charge in [-0.1, -0.05) is 44.2 Å². The maximum atomic E-state index is 13.2. The quantitative estimate of drug-likeness (QED) is 0.798. The molecular weight excluding hydrogens is 342 g/mol. The summed E-state index contributed by atoms with van der Waals surface area (Å²) >= 11 is 0. The van der Waals surface area contributed by atoms with Crippen molar-refractivity contribution in [2.45, 2.75) is 25.9 Å². The Bertz CT molecular complexity index is 763. The molecule has 144 valence electrons. The van der Waals surface area contributed by atoms with E-state index in [0.717, 1.165) is 5.56 Å². The van der Waals surface area contributed by atoms with Gasteiger partial charge in [-0.2, -0.15) is 0 Å². The largest absolute Gasteiger partial charge is 0.496 e. The van der Waals surface area contributed by atoms with E-state index in [2.05, 4.69) is 38.1 Å². The van der Waals surface area contributed by atoms with Crippen LogP contribution >= 0.6 is 0 Å². The number of amides is 1. The van der Waals surface area contributed by atoms with Crippen LogP contribution in [0.2, 0.25) is 0 Å². The lowest BCUT2D eigenvalue weighted by atomic mass is 9.99. The molecule has 5 nitrogen and oxygen atoms in total. The highest BCUT2D eigenvalue weighted by Gasteiger charge is 2.29. The van der Waals surface area contributed by atoms with Crippen molar-refractivity contribution in [3.8, 4) is 11.5 Å². The zero-order valence-electron chi connectivity index (χ0n) is 16.4. The Morgan fingerprint density at radius 3 is 2.26 bits per heavy atom. The summed E-state index contributed by atoms with van der Waals surface area (Å²) in [6.45, 7) is 5.89. The number of ether oxygens (including phenoxy) is 3. The second-order valence-electron chi connectivity index (χ2n) is 6.97. The third-order valence-electron chi connectivity index (χ3n) is 4.97. The lowest BCUT2D eigenvalue weighted by Crippen LogP contribution is -2.42. The summed E-state index contributed by atoms with van der Waals surface area (Å²) in [5, 5.41) is 0. The van der Waals surface area contributed by atoms with Gasteiger partial charge in [0.1, 0.15) is 23.2 Å². The molecule has 0 N–H and O–H groups in total. The predicted octanol–water partition coefficient (Wildman–Crippen LogP) is 4.04. The molecule has 5 heteroatoms. The summed E-state index contributed by atoms with van der Waals surface area (Å²) in [6, 6.07) is 13.8. The van der Waals surface area contributed by atoms with Gasteiger partial charge in [0, 0.05) is 6.54 Å². The van der Waals surface area contributed by atoms with E-state index < -0.39 is 0 Å². The molecule has 3 rings (SSSR count). The minimum atomic E-state index is -0.135. The maximum Gasteiger partial charge on any atom is 0.261 e. The SMILES string of the molecule is COc1cccc(OC)c1C(=O)N1CCOC(c2ccc(C(C)C)cc2)C1. The number of carbonyl (C=O) groups excluding carboxylic acids is 1. The average molecular weight is 369 g/mol. The Morgan fingerprint density at radius 1 is 1.07 bits per heavy atom. The molecule has 2 aromatic carbocycles. The van der Waals surface area contributed by atoms with Crippen LogP contribution in [0, 0.1) is 0 Å². The highest BCUT2D eigenvalue weighted by Crippen LogP contribution is 2.32. The van der Waals surface area contributed by atoms with E-state index in [4.69, 9.17) is 14.2 Å². The first-order valence-corrected chi connectivity index (χ1v) is 9.26. The molecule has 1 aliphatic heterocycles. The standard InChI is InChI=1S/C22H27NO4/c1-15(2)16-8-10-17(11-9-16)20-14-23(12-13-27-20)22(24)21-18(25-3)6-5-7-19(21)26-4/h5-11,15,20H,12-14H2,1-4H3. The topological polar surface area (TPSA) is 48.0 Å². The molecule has 1 heterocycles. The molecule has 0 saturated carbocycles. The Balaban J connectivity index is 1.81. The second-order valence-corrected chi connectivity index (χ2v) is 6.97. The number of hydrogen-bond donors (Lipinski definition) is 0.